The molecule has 1 heterocycles. The van der Waals surface area contributed by atoms with Gasteiger partial charge in [-0.2, -0.15) is 11.8 Å². The minimum Gasteiger partial charge on any atom is -0.309 e. The van der Waals surface area contributed by atoms with Gasteiger partial charge in [-0.25, -0.2) is 0 Å². The molecule has 1 N–H and O–H groups in total. The molecule has 0 aromatic carbocycles. The van der Waals surface area contributed by atoms with Crippen LogP contribution in [0.4, 0.5) is 0 Å². The summed E-state index contributed by atoms with van der Waals surface area (Å²) < 4.78 is 0. The van der Waals surface area contributed by atoms with E-state index in [0.29, 0.717) is 6.04 Å². The minimum atomic E-state index is 0.559. The van der Waals surface area contributed by atoms with Gasteiger partial charge in [-0.05, 0) is 24.3 Å². The average Bonchev–Trinajstić information content (AvgIpc) is 2.26. The monoisotopic (exact) mass is 244 g/mol. The first-order chi connectivity index (χ1) is 7.27. The standard InChI is InChI=1S/C11H17ClN2S/c1-3-10(8-15-2)14-6-9-4-5-13-7-11(9)12/h4-5,7,10,14H,3,6,8H2,1-2H3. The van der Waals surface area contributed by atoms with E-state index in [1.807, 2.05) is 17.8 Å². The smallest absolute Gasteiger partial charge is 0.0634 e. The first kappa shape index (κ1) is 12.8. The van der Waals surface area contributed by atoms with E-state index in [1.165, 1.54) is 0 Å². The van der Waals surface area contributed by atoms with E-state index in [0.717, 1.165) is 29.3 Å². The Morgan fingerprint density at radius 3 is 3.00 bits per heavy atom. The van der Waals surface area contributed by atoms with Crippen molar-refractivity contribution >= 4 is 23.4 Å². The zero-order chi connectivity index (χ0) is 11.1. The van der Waals surface area contributed by atoms with Gasteiger partial charge < -0.3 is 5.32 Å². The zero-order valence-electron chi connectivity index (χ0n) is 9.16. The molecule has 1 aromatic heterocycles. The molecular formula is C11H17ClN2S. The molecule has 1 unspecified atom stereocenters. The number of rotatable bonds is 6. The first-order valence-electron chi connectivity index (χ1n) is 5.08. The summed E-state index contributed by atoms with van der Waals surface area (Å²) in [6.07, 6.45) is 6.74. The van der Waals surface area contributed by atoms with E-state index in [4.69, 9.17) is 11.6 Å². The van der Waals surface area contributed by atoms with Crippen molar-refractivity contribution in [3.63, 3.8) is 0 Å². The number of thioether (sulfide) groups is 1. The van der Waals surface area contributed by atoms with E-state index in [2.05, 4.69) is 23.5 Å². The van der Waals surface area contributed by atoms with E-state index in [1.54, 1.807) is 12.4 Å². The molecule has 0 spiro atoms. The lowest BCUT2D eigenvalue weighted by Gasteiger charge is -2.15. The molecule has 2 nitrogen and oxygen atoms in total. The van der Waals surface area contributed by atoms with Crippen LogP contribution in [0.5, 0.6) is 0 Å². The molecule has 1 atom stereocenters. The highest BCUT2D eigenvalue weighted by Gasteiger charge is 2.05. The van der Waals surface area contributed by atoms with E-state index >= 15 is 0 Å². The Morgan fingerprint density at radius 1 is 1.60 bits per heavy atom. The quantitative estimate of drug-likeness (QED) is 0.833. The van der Waals surface area contributed by atoms with Crippen LogP contribution in [0.25, 0.3) is 0 Å². The number of hydrogen-bond acceptors (Lipinski definition) is 3. The lowest BCUT2D eigenvalue weighted by Crippen LogP contribution is -2.30. The normalized spacial score (nSPS) is 12.7. The molecule has 15 heavy (non-hydrogen) atoms. The lowest BCUT2D eigenvalue weighted by atomic mass is 10.2. The van der Waals surface area contributed by atoms with Gasteiger partial charge in [0.1, 0.15) is 0 Å². The molecule has 0 aliphatic carbocycles. The third-order valence-corrected chi connectivity index (χ3v) is 3.37. The van der Waals surface area contributed by atoms with E-state index < -0.39 is 0 Å². The van der Waals surface area contributed by atoms with Crippen LogP contribution >= 0.6 is 23.4 Å². The molecule has 0 bridgehead atoms. The maximum Gasteiger partial charge on any atom is 0.0634 e. The second kappa shape index (κ2) is 7.09. The summed E-state index contributed by atoms with van der Waals surface area (Å²) in [5.41, 5.74) is 1.12. The van der Waals surface area contributed by atoms with Crippen LogP contribution < -0.4 is 5.32 Å². The summed E-state index contributed by atoms with van der Waals surface area (Å²) in [6.45, 7) is 3.02. The average molecular weight is 245 g/mol. The number of pyridine rings is 1. The van der Waals surface area contributed by atoms with Crippen molar-refractivity contribution in [2.75, 3.05) is 12.0 Å². The van der Waals surface area contributed by atoms with Gasteiger partial charge in [0.25, 0.3) is 0 Å². The van der Waals surface area contributed by atoms with Gasteiger partial charge >= 0.3 is 0 Å². The topological polar surface area (TPSA) is 24.9 Å². The maximum atomic E-state index is 6.02. The largest absolute Gasteiger partial charge is 0.309 e. The maximum absolute atomic E-state index is 6.02. The fraction of sp³-hybridized carbons (Fsp3) is 0.545. The Bertz CT molecular complexity index is 294. The molecule has 0 fully saturated rings. The van der Waals surface area contributed by atoms with Gasteiger partial charge in [0.15, 0.2) is 0 Å². The number of nitrogens with zero attached hydrogens (tertiary/aromatic N) is 1. The molecule has 0 aliphatic heterocycles. The highest BCUT2D eigenvalue weighted by molar-refractivity contribution is 7.98. The molecule has 0 aliphatic rings. The number of halogens is 1. The Labute approximate surface area is 101 Å². The van der Waals surface area contributed by atoms with Gasteiger partial charge in [-0.1, -0.05) is 18.5 Å². The Kier molecular flexibility index (Phi) is 6.06. The van der Waals surface area contributed by atoms with Crippen molar-refractivity contribution < 1.29 is 0 Å². The minimum absolute atomic E-state index is 0.559. The molecule has 4 heteroatoms. The third-order valence-electron chi connectivity index (χ3n) is 2.30. The summed E-state index contributed by atoms with van der Waals surface area (Å²) >= 11 is 7.89. The van der Waals surface area contributed by atoms with Gasteiger partial charge in [-0.3, -0.25) is 4.98 Å². The molecule has 0 amide bonds. The second-order valence-electron chi connectivity index (χ2n) is 3.41. The molecule has 1 aromatic rings. The Hall–Kier alpha value is -0.250. The van der Waals surface area contributed by atoms with Gasteiger partial charge in [-0.15, -0.1) is 0 Å². The van der Waals surface area contributed by atoms with Crippen molar-refractivity contribution in [3.8, 4) is 0 Å². The van der Waals surface area contributed by atoms with Gasteiger partial charge in [0.05, 0.1) is 5.02 Å². The van der Waals surface area contributed by atoms with Crippen molar-refractivity contribution in [2.24, 2.45) is 0 Å². The molecule has 0 saturated carbocycles. The second-order valence-corrected chi connectivity index (χ2v) is 4.73. The van der Waals surface area contributed by atoms with Crippen LogP contribution in [0.15, 0.2) is 18.5 Å². The summed E-state index contributed by atoms with van der Waals surface area (Å²) in [4.78, 5) is 3.96. The van der Waals surface area contributed by atoms with Gasteiger partial charge in [0, 0.05) is 30.7 Å². The number of aromatic nitrogens is 1. The summed E-state index contributed by atoms with van der Waals surface area (Å²) in [7, 11) is 0. The van der Waals surface area contributed by atoms with Crippen LogP contribution in [-0.2, 0) is 6.54 Å². The van der Waals surface area contributed by atoms with E-state index in [9.17, 15) is 0 Å². The highest BCUT2D eigenvalue weighted by atomic mass is 35.5. The SMILES string of the molecule is CCC(CSC)NCc1ccncc1Cl. The predicted molar refractivity (Wildman–Crippen MR) is 68.5 cm³/mol. The number of nitrogens with one attached hydrogen (secondary N) is 1. The molecule has 0 saturated heterocycles. The van der Waals surface area contributed by atoms with Crippen LogP contribution in [0, 0.1) is 0 Å². The summed E-state index contributed by atoms with van der Waals surface area (Å²) in [5, 5.41) is 4.23. The highest BCUT2D eigenvalue weighted by Crippen LogP contribution is 2.13. The third kappa shape index (κ3) is 4.41. The molecular weight excluding hydrogens is 228 g/mol. The molecule has 84 valence electrons. The fourth-order valence-corrected chi connectivity index (χ4v) is 2.27. The van der Waals surface area contributed by atoms with Crippen LogP contribution in [-0.4, -0.2) is 23.0 Å². The zero-order valence-corrected chi connectivity index (χ0v) is 10.7. The van der Waals surface area contributed by atoms with Crippen molar-refractivity contribution in [2.45, 2.75) is 25.9 Å². The molecule has 0 radical (unpaired) electrons. The van der Waals surface area contributed by atoms with Crippen molar-refractivity contribution in [1.82, 2.24) is 10.3 Å². The Balaban J connectivity index is 2.45. The summed E-state index contributed by atoms with van der Waals surface area (Å²) in [5.74, 6) is 1.14. The first-order valence-corrected chi connectivity index (χ1v) is 6.85. The van der Waals surface area contributed by atoms with Crippen LogP contribution in [0.2, 0.25) is 5.02 Å². The van der Waals surface area contributed by atoms with Crippen molar-refractivity contribution in [3.05, 3.63) is 29.0 Å². The van der Waals surface area contributed by atoms with E-state index in [-0.39, 0.29) is 0 Å². The Morgan fingerprint density at radius 2 is 2.40 bits per heavy atom. The van der Waals surface area contributed by atoms with Crippen LogP contribution in [0.3, 0.4) is 0 Å². The van der Waals surface area contributed by atoms with Gasteiger partial charge in [0.2, 0.25) is 0 Å². The fourth-order valence-electron chi connectivity index (χ4n) is 1.32. The van der Waals surface area contributed by atoms with Crippen LogP contribution in [0.1, 0.15) is 18.9 Å². The van der Waals surface area contributed by atoms with Crippen molar-refractivity contribution in [1.29, 1.82) is 0 Å². The lowest BCUT2D eigenvalue weighted by molar-refractivity contribution is 0.541. The summed E-state index contributed by atoms with van der Waals surface area (Å²) in [6, 6.07) is 2.52. The predicted octanol–water partition coefficient (Wildman–Crippen LogP) is 2.97. The molecule has 1 rings (SSSR count). The number of hydrogen-bond donors (Lipinski definition) is 1.